The molecule has 0 N–H and O–H groups in total. The van der Waals surface area contributed by atoms with Crippen LogP contribution in [0.2, 0.25) is 0 Å². The number of likely N-dealkylation sites (tertiary alicyclic amines) is 1. The van der Waals surface area contributed by atoms with Gasteiger partial charge in [-0.2, -0.15) is 0 Å². The lowest BCUT2D eigenvalue weighted by Gasteiger charge is -2.30. The maximum Gasteiger partial charge on any atom is 0.0575 e. The van der Waals surface area contributed by atoms with Crippen LogP contribution in [-0.2, 0) is 4.74 Å². The molecule has 3 unspecified atom stereocenters. The Morgan fingerprint density at radius 3 is 2.83 bits per heavy atom. The van der Waals surface area contributed by atoms with Crippen molar-refractivity contribution >= 4 is 0 Å². The zero-order valence-electron chi connectivity index (χ0n) is 8.12. The van der Waals surface area contributed by atoms with Gasteiger partial charge in [-0.15, -0.1) is 0 Å². The average Bonchev–Trinajstić information content (AvgIpc) is 2.43. The van der Waals surface area contributed by atoms with Crippen LogP contribution in [0, 0.1) is 11.8 Å². The standard InChI is InChI=1S/C10H19NO/c1-3-10-4-8-5-11(2)6-9(8)7-12-10/h8-10H,3-7H2,1-2H3. The summed E-state index contributed by atoms with van der Waals surface area (Å²) in [4.78, 5) is 2.44. The largest absolute Gasteiger partial charge is 0.378 e. The minimum Gasteiger partial charge on any atom is -0.378 e. The first kappa shape index (κ1) is 8.52. The predicted molar refractivity (Wildman–Crippen MR) is 49.1 cm³/mol. The second kappa shape index (κ2) is 3.35. The molecule has 2 fully saturated rings. The summed E-state index contributed by atoms with van der Waals surface area (Å²) >= 11 is 0. The summed E-state index contributed by atoms with van der Waals surface area (Å²) in [7, 11) is 2.22. The van der Waals surface area contributed by atoms with E-state index in [1.807, 2.05) is 0 Å². The van der Waals surface area contributed by atoms with Crippen molar-refractivity contribution in [2.45, 2.75) is 25.9 Å². The Kier molecular flexibility index (Phi) is 2.37. The Balaban J connectivity index is 1.93. The van der Waals surface area contributed by atoms with Crippen LogP contribution in [0.1, 0.15) is 19.8 Å². The molecular formula is C10H19NO. The number of fused-ring (bicyclic) bond motifs is 1. The summed E-state index contributed by atoms with van der Waals surface area (Å²) in [5.41, 5.74) is 0. The molecule has 70 valence electrons. The van der Waals surface area contributed by atoms with Crippen molar-refractivity contribution in [1.82, 2.24) is 4.90 Å². The molecule has 0 amide bonds. The highest BCUT2D eigenvalue weighted by atomic mass is 16.5. The summed E-state index contributed by atoms with van der Waals surface area (Å²) in [5.74, 6) is 1.76. The number of ether oxygens (including phenoxy) is 1. The van der Waals surface area contributed by atoms with E-state index in [2.05, 4.69) is 18.9 Å². The minimum atomic E-state index is 0.553. The minimum absolute atomic E-state index is 0.553. The van der Waals surface area contributed by atoms with Gasteiger partial charge in [0.15, 0.2) is 0 Å². The van der Waals surface area contributed by atoms with Gasteiger partial charge in [0, 0.05) is 13.1 Å². The number of hydrogen-bond acceptors (Lipinski definition) is 2. The van der Waals surface area contributed by atoms with Crippen LogP contribution in [0.15, 0.2) is 0 Å². The third-order valence-electron chi connectivity index (χ3n) is 3.33. The Bertz CT molecular complexity index is 160. The van der Waals surface area contributed by atoms with Gasteiger partial charge < -0.3 is 9.64 Å². The van der Waals surface area contributed by atoms with Crippen molar-refractivity contribution in [3.8, 4) is 0 Å². The summed E-state index contributed by atoms with van der Waals surface area (Å²) in [6.45, 7) is 5.78. The van der Waals surface area contributed by atoms with Gasteiger partial charge >= 0.3 is 0 Å². The molecule has 2 nitrogen and oxygen atoms in total. The van der Waals surface area contributed by atoms with Crippen molar-refractivity contribution in [2.24, 2.45) is 11.8 Å². The Hall–Kier alpha value is -0.0800. The predicted octanol–water partition coefficient (Wildman–Crippen LogP) is 1.36. The van der Waals surface area contributed by atoms with Crippen molar-refractivity contribution in [3.63, 3.8) is 0 Å². The fourth-order valence-electron chi connectivity index (χ4n) is 2.58. The van der Waals surface area contributed by atoms with E-state index in [-0.39, 0.29) is 0 Å². The van der Waals surface area contributed by atoms with Gasteiger partial charge in [-0.1, -0.05) is 6.92 Å². The van der Waals surface area contributed by atoms with Crippen LogP contribution in [0.3, 0.4) is 0 Å². The van der Waals surface area contributed by atoms with E-state index in [1.54, 1.807) is 0 Å². The molecule has 0 spiro atoms. The summed E-state index contributed by atoms with van der Waals surface area (Å²) in [6, 6.07) is 0. The van der Waals surface area contributed by atoms with Crippen LogP contribution in [-0.4, -0.2) is 37.7 Å². The third kappa shape index (κ3) is 1.50. The fraction of sp³-hybridized carbons (Fsp3) is 1.00. The van der Waals surface area contributed by atoms with Gasteiger partial charge in [0.25, 0.3) is 0 Å². The quantitative estimate of drug-likeness (QED) is 0.587. The van der Waals surface area contributed by atoms with Gasteiger partial charge in [-0.25, -0.2) is 0 Å². The lowest BCUT2D eigenvalue weighted by atomic mass is 9.88. The van der Waals surface area contributed by atoms with E-state index >= 15 is 0 Å². The molecule has 0 saturated carbocycles. The fourth-order valence-corrected chi connectivity index (χ4v) is 2.58. The topological polar surface area (TPSA) is 12.5 Å². The summed E-state index contributed by atoms with van der Waals surface area (Å²) in [6.07, 6.45) is 3.04. The van der Waals surface area contributed by atoms with Crippen LogP contribution in [0.4, 0.5) is 0 Å². The molecule has 2 aliphatic heterocycles. The third-order valence-corrected chi connectivity index (χ3v) is 3.33. The smallest absolute Gasteiger partial charge is 0.0575 e. The van der Waals surface area contributed by atoms with E-state index < -0.39 is 0 Å². The Labute approximate surface area is 74.9 Å². The van der Waals surface area contributed by atoms with Crippen LogP contribution in [0.25, 0.3) is 0 Å². The van der Waals surface area contributed by atoms with Gasteiger partial charge in [0.2, 0.25) is 0 Å². The highest BCUT2D eigenvalue weighted by Crippen LogP contribution is 2.32. The van der Waals surface area contributed by atoms with Crippen LogP contribution in [0.5, 0.6) is 0 Å². The molecule has 0 aromatic carbocycles. The molecule has 0 aromatic heterocycles. The van der Waals surface area contributed by atoms with Gasteiger partial charge in [0.05, 0.1) is 12.7 Å². The Morgan fingerprint density at radius 2 is 2.08 bits per heavy atom. The SMILES string of the molecule is CCC1CC2CN(C)CC2CO1. The van der Waals surface area contributed by atoms with Crippen molar-refractivity contribution < 1.29 is 4.74 Å². The number of rotatable bonds is 1. The lowest BCUT2D eigenvalue weighted by Crippen LogP contribution is -2.32. The molecular weight excluding hydrogens is 150 g/mol. The maximum absolute atomic E-state index is 5.76. The highest BCUT2D eigenvalue weighted by molar-refractivity contribution is 4.87. The molecule has 3 atom stereocenters. The van der Waals surface area contributed by atoms with Gasteiger partial charge in [0.1, 0.15) is 0 Å². The summed E-state index contributed by atoms with van der Waals surface area (Å²) in [5, 5.41) is 0. The van der Waals surface area contributed by atoms with E-state index in [1.165, 1.54) is 25.9 Å². The molecule has 12 heavy (non-hydrogen) atoms. The van der Waals surface area contributed by atoms with Crippen molar-refractivity contribution in [2.75, 3.05) is 26.7 Å². The number of nitrogens with zero attached hydrogens (tertiary/aromatic N) is 1. The van der Waals surface area contributed by atoms with E-state index in [0.717, 1.165) is 18.4 Å². The van der Waals surface area contributed by atoms with Crippen LogP contribution < -0.4 is 0 Å². The zero-order chi connectivity index (χ0) is 8.55. The molecule has 2 aliphatic rings. The average molecular weight is 169 g/mol. The molecule has 0 radical (unpaired) electrons. The monoisotopic (exact) mass is 169 g/mol. The first-order valence-corrected chi connectivity index (χ1v) is 5.09. The maximum atomic E-state index is 5.76. The molecule has 0 bridgehead atoms. The van der Waals surface area contributed by atoms with Gasteiger partial charge in [-0.05, 0) is 31.7 Å². The van der Waals surface area contributed by atoms with Crippen molar-refractivity contribution in [3.05, 3.63) is 0 Å². The van der Waals surface area contributed by atoms with Crippen molar-refractivity contribution in [1.29, 1.82) is 0 Å². The first-order chi connectivity index (χ1) is 5.79. The van der Waals surface area contributed by atoms with E-state index in [0.29, 0.717) is 6.10 Å². The molecule has 0 aromatic rings. The van der Waals surface area contributed by atoms with Crippen LogP contribution >= 0.6 is 0 Å². The van der Waals surface area contributed by atoms with E-state index in [4.69, 9.17) is 4.74 Å². The lowest BCUT2D eigenvalue weighted by molar-refractivity contribution is -0.0325. The molecule has 2 saturated heterocycles. The highest BCUT2D eigenvalue weighted by Gasteiger charge is 2.36. The normalized spacial score (nSPS) is 43.0. The zero-order valence-corrected chi connectivity index (χ0v) is 8.12. The van der Waals surface area contributed by atoms with Gasteiger partial charge in [-0.3, -0.25) is 0 Å². The second-order valence-electron chi connectivity index (χ2n) is 4.34. The molecule has 2 heteroatoms. The molecule has 2 heterocycles. The second-order valence-corrected chi connectivity index (χ2v) is 4.34. The Morgan fingerprint density at radius 1 is 1.33 bits per heavy atom. The first-order valence-electron chi connectivity index (χ1n) is 5.09. The molecule has 0 aliphatic carbocycles. The summed E-state index contributed by atoms with van der Waals surface area (Å²) < 4.78 is 5.76. The number of hydrogen-bond donors (Lipinski definition) is 0. The molecule has 2 rings (SSSR count). The van der Waals surface area contributed by atoms with E-state index in [9.17, 15) is 0 Å².